The lowest BCUT2D eigenvalue weighted by Gasteiger charge is -2.30. The molecule has 0 spiro atoms. The molecule has 2 aromatic carbocycles. The van der Waals surface area contributed by atoms with Crippen LogP contribution >= 0.6 is 0 Å². The van der Waals surface area contributed by atoms with Crippen molar-refractivity contribution in [3.63, 3.8) is 0 Å². The monoisotopic (exact) mass is 324 g/mol. The third-order valence-corrected chi connectivity index (χ3v) is 4.32. The zero-order chi connectivity index (χ0) is 16.6. The van der Waals surface area contributed by atoms with E-state index in [0.29, 0.717) is 6.61 Å². The molecule has 1 N–H and O–H groups in total. The summed E-state index contributed by atoms with van der Waals surface area (Å²) in [5.41, 5.74) is 2.45. The third-order valence-electron chi connectivity index (χ3n) is 4.32. The second-order valence-corrected chi connectivity index (χ2v) is 6.08. The average Bonchev–Trinajstić information content (AvgIpc) is 2.63. The molecule has 0 atom stereocenters. The molecular formula is C20H26N3O+. The van der Waals surface area contributed by atoms with Crippen LogP contribution in [0.25, 0.3) is 0 Å². The predicted molar refractivity (Wildman–Crippen MR) is 97.6 cm³/mol. The summed E-state index contributed by atoms with van der Waals surface area (Å²) >= 11 is 0. The molecule has 126 valence electrons. The van der Waals surface area contributed by atoms with Crippen LogP contribution in [0.2, 0.25) is 0 Å². The fourth-order valence-corrected chi connectivity index (χ4v) is 3.01. The van der Waals surface area contributed by atoms with Crippen LogP contribution in [0.5, 0.6) is 5.75 Å². The molecular weight excluding hydrogens is 298 g/mol. The molecule has 2 aromatic rings. The third kappa shape index (κ3) is 4.59. The Labute approximate surface area is 144 Å². The van der Waals surface area contributed by atoms with Gasteiger partial charge in [-0.3, -0.25) is 5.01 Å². The maximum atomic E-state index is 5.65. The van der Waals surface area contributed by atoms with Crippen molar-refractivity contribution in [3.8, 4) is 5.75 Å². The van der Waals surface area contributed by atoms with Gasteiger partial charge in [-0.15, -0.1) is 0 Å². The fourth-order valence-electron chi connectivity index (χ4n) is 3.01. The van der Waals surface area contributed by atoms with Crippen molar-refractivity contribution in [2.45, 2.75) is 13.5 Å². The summed E-state index contributed by atoms with van der Waals surface area (Å²) in [4.78, 5) is 1.63. The lowest BCUT2D eigenvalue weighted by atomic mass is 10.2. The first-order valence-corrected chi connectivity index (χ1v) is 8.73. The molecule has 0 unspecified atom stereocenters. The van der Waals surface area contributed by atoms with Gasteiger partial charge in [-0.25, -0.2) is 0 Å². The molecule has 0 aromatic heterocycles. The van der Waals surface area contributed by atoms with Crippen LogP contribution < -0.4 is 9.64 Å². The Hall–Kier alpha value is -2.33. The molecule has 1 aliphatic rings. The fraction of sp³-hybridized carbons (Fsp3) is 0.350. The van der Waals surface area contributed by atoms with Gasteiger partial charge >= 0.3 is 0 Å². The standard InChI is InChI=1S/C20H25N3O/c1-2-24-20-11-7-6-10-19(20)16-21-23-14-12-22(13-15-23)17-18-8-4-3-5-9-18/h3-11,16H,2,12-15,17H2,1H3/p+1/b21-16-. The minimum Gasteiger partial charge on any atom is -0.493 e. The first kappa shape index (κ1) is 16.5. The number of hydrogen-bond donors (Lipinski definition) is 1. The minimum atomic E-state index is 0.673. The Balaban J connectivity index is 1.52. The van der Waals surface area contributed by atoms with Gasteiger partial charge in [0, 0.05) is 11.1 Å². The molecule has 3 rings (SSSR count). The summed E-state index contributed by atoms with van der Waals surface area (Å²) in [6.07, 6.45) is 1.92. The molecule has 1 aliphatic heterocycles. The van der Waals surface area contributed by atoms with E-state index in [1.807, 2.05) is 37.4 Å². The minimum absolute atomic E-state index is 0.673. The molecule has 4 nitrogen and oxygen atoms in total. The zero-order valence-corrected chi connectivity index (χ0v) is 14.3. The van der Waals surface area contributed by atoms with Crippen molar-refractivity contribution in [3.05, 3.63) is 65.7 Å². The topological polar surface area (TPSA) is 29.3 Å². The quantitative estimate of drug-likeness (QED) is 0.822. The predicted octanol–water partition coefficient (Wildman–Crippen LogP) is 1.82. The molecule has 0 saturated carbocycles. The van der Waals surface area contributed by atoms with Gasteiger partial charge in [0.2, 0.25) is 0 Å². The molecule has 0 amide bonds. The summed E-state index contributed by atoms with van der Waals surface area (Å²) < 4.78 is 5.65. The van der Waals surface area contributed by atoms with E-state index in [1.54, 1.807) is 4.90 Å². The molecule has 4 heteroatoms. The van der Waals surface area contributed by atoms with Gasteiger partial charge in [-0.2, -0.15) is 5.10 Å². The van der Waals surface area contributed by atoms with E-state index >= 15 is 0 Å². The summed E-state index contributed by atoms with van der Waals surface area (Å²) in [7, 11) is 0. The number of ether oxygens (including phenoxy) is 1. The van der Waals surface area contributed by atoms with Crippen LogP contribution in [0.1, 0.15) is 18.1 Å². The van der Waals surface area contributed by atoms with E-state index in [2.05, 4.69) is 40.4 Å². The highest BCUT2D eigenvalue weighted by molar-refractivity contribution is 5.83. The normalized spacial score (nSPS) is 15.8. The molecule has 0 aliphatic carbocycles. The maximum Gasteiger partial charge on any atom is 0.128 e. The SMILES string of the molecule is CCOc1ccccc1/C=N\N1CC[NH+](Cc2ccccc2)CC1. The molecule has 0 bridgehead atoms. The van der Waals surface area contributed by atoms with E-state index in [9.17, 15) is 0 Å². The van der Waals surface area contributed by atoms with Gasteiger partial charge in [0.15, 0.2) is 0 Å². The number of hydrazone groups is 1. The van der Waals surface area contributed by atoms with Gasteiger partial charge in [0.05, 0.1) is 39.0 Å². The van der Waals surface area contributed by atoms with Crippen molar-refractivity contribution >= 4 is 6.21 Å². The Morgan fingerprint density at radius 1 is 1.04 bits per heavy atom. The van der Waals surface area contributed by atoms with Crippen LogP contribution in [0, 0.1) is 0 Å². The Kier molecular flexibility index (Phi) is 5.85. The van der Waals surface area contributed by atoms with Crippen molar-refractivity contribution < 1.29 is 9.64 Å². The van der Waals surface area contributed by atoms with Gasteiger partial charge in [-0.05, 0) is 19.1 Å². The van der Waals surface area contributed by atoms with Crippen LogP contribution in [-0.2, 0) is 6.54 Å². The number of nitrogens with zero attached hydrogens (tertiary/aromatic N) is 2. The molecule has 1 saturated heterocycles. The second kappa shape index (κ2) is 8.50. The Bertz CT molecular complexity index is 649. The number of rotatable bonds is 6. The summed E-state index contributed by atoms with van der Waals surface area (Å²) in [6.45, 7) is 8.02. The van der Waals surface area contributed by atoms with Crippen molar-refractivity contribution in [1.29, 1.82) is 0 Å². The number of nitrogens with one attached hydrogen (secondary N) is 1. The highest BCUT2D eigenvalue weighted by Gasteiger charge is 2.18. The number of hydrogen-bond acceptors (Lipinski definition) is 3. The number of piperazine rings is 1. The Morgan fingerprint density at radius 2 is 1.75 bits per heavy atom. The summed E-state index contributed by atoms with van der Waals surface area (Å²) in [5, 5.41) is 6.82. The summed E-state index contributed by atoms with van der Waals surface area (Å²) in [5.74, 6) is 0.900. The average molecular weight is 324 g/mol. The smallest absolute Gasteiger partial charge is 0.128 e. The van der Waals surface area contributed by atoms with E-state index in [4.69, 9.17) is 4.74 Å². The molecule has 1 fully saturated rings. The van der Waals surface area contributed by atoms with Crippen molar-refractivity contribution in [2.24, 2.45) is 5.10 Å². The van der Waals surface area contributed by atoms with E-state index in [-0.39, 0.29) is 0 Å². The first-order valence-electron chi connectivity index (χ1n) is 8.73. The van der Waals surface area contributed by atoms with Crippen molar-refractivity contribution in [1.82, 2.24) is 5.01 Å². The molecule has 24 heavy (non-hydrogen) atoms. The molecule has 1 heterocycles. The zero-order valence-electron chi connectivity index (χ0n) is 14.3. The van der Waals surface area contributed by atoms with E-state index in [1.165, 1.54) is 5.56 Å². The highest BCUT2D eigenvalue weighted by atomic mass is 16.5. The van der Waals surface area contributed by atoms with Gasteiger partial charge < -0.3 is 9.64 Å². The highest BCUT2D eigenvalue weighted by Crippen LogP contribution is 2.15. The van der Waals surface area contributed by atoms with Gasteiger partial charge in [0.25, 0.3) is 0 Å². The van der Waals surface area contributed by atoms with Gasteiger partial charge in [-0.1, -0.05) is 42.5 Å². The van der Waals surface area contributed by atoms with Crippen LogP contribution in [-0.4, -0.2) is 44.0 Å². The van der Waals surface area contributed by atoms with Crippen LogP contribution in [0.4, 0.5) is 0 Å². The lowest BCUT2D eigenvalue weighted by molar-refractivity contribution is -0.918. The number of para-hydroxylation sites is 1. The van der Waals surface area contributed by atoms with Crippen LogP contribution in [0.15, 0.2) is 59.7 Å². The number of benzene rings is 2. The number of quaternary nitrogens is 1. The first-order chi connectivity index (χ1) is 11.8. The molecule has 0 radical (unpaired) electrons. The largest absolute Gasteiger partial charge is 0.493 e. The van der Waals surface area contributed by atoms with Gasteiger partial charge in [0.1, 0.15) is 12.3 Å². The summed E-state index contributed by atoms with van der Waals surface area (Å²) in [6, 6.07) is 18.8. The van der Waals surface area contributed by atoms with E-state index in [0.717, 1.165) is 44.0 Å². The Morgan fingerprint density at radius 3 is 2.50 bits per heavy atom. The lowest BCUT2D eigenvalue weighted by Crippen LogP contribution is -3.13. The second-order valence-electron chi connectivity index (χ2n) is 6.08. The van der Waals surface area contributed by atoms with Crippen LogP contribution in [0.3, 0.4) is 0 Å². The van der Waals surface area contributed by atoms with E-state index < -0.39 is 0 Å². The maximum absolute atomic E-state index is 5.65. The van der Waals surface area contributed by atoms with Crippen molar-refractivity contribution in [2.75, 3.05) is 32.8 Å².